The number of hydrogen-bond donors (Lipinski definition) is 2. The molecule has 0 amide bonds. The van der Waals surface area contributed by atoms with Gasteiger partial charge in [0.2, 0.25) is 0 Å². The number of aliphatic hydroxyl groups excluding tert-OH is 2. The normalized spacial score (nSPS) is 12.9. The van der Waals surface area contributed by atoms with E-state index in [1.165, 1.54) is 5.39 Å². The van der Waals surface area contributed by atoms with Crippen molar-refractivity contribution in [2.45, 2.75) is 12.6 Å². The summed E-state index contributed by atoms with van der Waals surface area (Å²) in [6, 6.07) is 10.0. The number of fused-ring (bicyclic) bond motifs is 1. The molecule has 0 fully saturated rings. The van der Waals surface area contributed by atoms with Crippen molar-refractivity contribution in [1.29, 1.82) is 0 Å². The minimum Gasteiger partial charge on any atom is -0.393 e. The van der Waals surface area contributed by atoms with Gasteiger partial charge in [0.1, 0.15) is 6.10 Å². The van der Waals surface area contributed by atoms with Crippen molar-refractivity contribution in [2.75, 3.05) is 6.61 Å². The van der Waals surface area contributed by atoms with Crippen molar-refractivity contribution in [3.8, 4) is 0 Å². The van der Waals surface area contributed by atoms with Crippen LogP contribution in [0.5, 0.6) is 0 Å². The Hall–Kier alpha value is -1.45. The van der Waals surface area contributed by atoms with E-state index in [4.69, 9.17) is 5.11 Å². The lowest BCUT2D eigenvalue weighted by Gasteiger charge is -2.03. The largest absolute Gasteiger partial charge is 0.393 e. The Balaban J connectivity index is 2.30. The summed E-state index contributed by atoms with van der Waals surface area (Å²) in [7, 11) is 0. The molecule has 1 heterocycles. The maximum atomic E-state index is 9.31. The molecule has 0 aliphatic rings. The third-order valence-electron chi connectivity index (χ3n) is 2.38. The number of hydrogen-bond acceptors (Lipinski definition) is 2. The van der Waals surface area contributed by atoms with Crippen molar-refractivity contribution in [3.05, 3.63) is 42.7 Å². The highest BCUT2D eigenvalue weighted by molar-refractivity contribution is 5.80. The van der Waals surface area contributed by atoms with Crippen LogP contribution in [0.25, 0.3) is 10.8 Å². The first-order valence-corrected chi connectivity index (χ1v) is 4.96. The highest BCUT2D eigenvalue weighted by Crippen LogP contribution is 2.09. The average Bonchev–Trinajstić information content (AvgIpc) is 2.29. The highest BCUT2D eigenvalue weighted by Gasteiger charge is 2.09. The summed E-state index contributed by atoms with van der Waals surface area (Å²) < 4.78 is 1.88. The Labute approximate surface area is 88.2 Å². The molecule has 0 aliphatic heterocycles. The molecule has 3 heteroatoms. The van der Waals surface area contributed by atoms with Crippen molar-refractivity contribution in [1.82, 2.24) is 0 Å². The van der Waals surface area contributed by atoms with Crippen LogP contribution in [-0.4, -0.2) is 22.9 Å². The molecule has 3 nitrogen and oxygen atoms in total. The predicted molar refractivity (Wildman–Crippen MR) is 57.2 cm³/mol. The third kappa shape index (κ3) is 2.32. The number of pyridine rings is 1. The van der Waals surface area contributed by atoms with E-state index >= 15 is 0 Å². The van der Waals surface area contributed by atoms with Gasteiger partial charge in [-0.1, -0.05) is 18.2 Å². The van der Waals surface area contributed by atoms with Gasteiger partial charge in [-0.2, -0.15) is 0 Å². The summed E-state index contributed by atoms with van der Waals surface area (Å²) in [6.45, 7) is 0.209. The lowest BCUT2D eigenvalue weighted by Crippen LogP contribution is -2.40. The molecule has 0 saturated carbocycles. The van der Waals surface area contributed by atoms with Crippen LogP contribution in [0.4, 0.5) is 0 Å². The maximum absolute atomic E-state index is 9.31. The van der Waals surface area contributed by atoms with Crippen molar-refractivity contribution in [2.24, 2.45) is 0 Å². The van der Waals surface area contributed by atoms with Crippen molar-refractivity contribution in [3.63, 3.8) is 0 Å². The fraction of sp³-hybridized carbons (Fsp3) is 0.250. The topological polar surface area (TPSA) is 44.3 Å². The molecule has 1 atom stereocenters. The Bertz CT molecular complexity index is 456. The molecule has 2 aromatic rings. The highest BCUT2D eigenvalue weighted by atomic mass is 16.3. The zero-order valence-corrected chi connectivity index (χ0v) is 8.37. The van der Waals surface area contributed by atoms with E-state index in [9.17, 15) is 5.11 Å². The maximum Gasteiger partial charge on any atom is 0.176 e. The smallest absolute Gasteiger partial charge is 0.176 e. The Morgan fingerprint density at radius 3 is 2.60 bits per heavy atom. The molecule has 2 rings (SSSR count). The minimum atomic E-state index is -0.698. The quantitative estimate of drug-likeness (QED) is 0.714. The lowest BCUT2D eigenvalue weighted by atomic mass is 10.2. The molecule has 2 N–H and O–H groups in total. The van der Waals surface area contributed by atoms with Gasteiger partial charge in [-0.15, -0.1) is 0 Å². The third-order valence-corrected chi connectivity index (χ3v) is 2.38. The molecular weight excluding hydrogens is 190 g/mol. The molecule has 15 heavy (non-hydrogen) atoms. The monoisotopic (exact) mass is 204 g/mol. The number of nitrogens with zero attached hydrogens (tertiary/aromatic N) is 1. The first kappa shape index (κ1) is 10.1. The Morgan fingerprint density at radius 1 is 1.13 bits per heavy atom. The van der Waals surface area contributed by atoms with Crippen LogP contribution in [0.2, 0.25) is 0 Å². The van der Waals surface area contributed by atoms with Gasteiger partial charge in [0, 0.05) is 11.5 Å². The van der Waals surface area contributed by atoms with Crippen LogP contribution in [0.15, 0.2) is 42.7 Å². The van der Waals surface area contributed by atoms with E-state index < -0.39 is 6.10 Å². The molecule has 0 spiro atoms. The summed E-state index contributed by atoms with van der Waals surface area (Å²) >= 11 is 0. The summed E-state index contributed by atoms with van der Waals surface area (Å²) in [5, 5.41) is 20.4. The first-order chi connectivity index (χ1) is 7.29. The SMILES string of the molecule is OC[C@@H](O)C[n+]1ccc2ccccc2c1. The molecule has 0 aliphatic carbocycles. The van der Waals surface area contributed by atoms with Gasteiger partial charge >= 0.3 is 0 Å². The van der Waals surface area contributed by atoms with Gasteiger partial charge in [0.05, 0.1) is 6.61 Å². The van der Waals surface area contributed by atoms with E-state index in [0.717, 1.165) is 5.39 Å². The standard InChI is InChI=1S/C12H14NO2/c14-9-12(15)8-13-6-5-10-3-1-2-4-11(10)7-13/h1-7,12,14-15H,8-9H2/q+1/t12-/m0/s1. The number of benzene rings is 1. The van der Waals surface area contributed by atoms with Crippen molar-refractivity contribution >= 4 is 10.8 Å². The summed E-state index contributed by atoms with van der Waals surface area (Å²) in [6.07, 6.45) is 3.17. The first-order valence-electron chi connectivity index (χ1n) is 4.96. The van der Waals surface area contributed by atoms with E-state index in [-0.39, 0.29) is 6.61 Å². The van der Waals surface area contributed by atoms with Crippen LogP contribution >= 0.6 is 0 Å². The Kier molecular flexibility index (Phi) is 2.94. The molecular formula is C12H14NO2+. The van der Waals surface area contributed by atoms with Crippen LogP contribution in [-0.2, 0) is 6.54 Å². The van der Waals surface area contributed by atoms with Gasteiger partial charge in [-0.25, -0.2) is 4.57 Å². The molecule has 0 radical (unpaired) electrons. The molecule has 1 aromatic carbocycles. The second-order valence-electron chi connectivity index (χ2n) is 3.61. The fourth-order valence-corrected chi connectivity index (χ4v) is 1.59. The lowest BCUT2D eigenvalue weighted by molar-refractivity contribution is -0.702. The summed E-state index contributed by atoms with van der Waals surface area (Å²) in [5.74, 6) is 0. The Morgan fingerprint density at radius 2 is 1.87 bits per heavy atom. The molecule has 0 bridgehead atoms. The van der Waals surface area contributed by atoms with Crippen LogP contribution in [0.3, 0.4) is 0 Å². The van der Waals surface area contributed by atoms with Gasteiger partial charge in [0.15, 0.2) is 18.9 Å². The van der Waals surface area contributed by atoms with E-state index in [1.807, 2.05) is 47.3 Å². The fourth-order valence-electron chi connectivity index (χ4n) is 1.59. The van der Waals surface area contributed by atoms with Gasteiger partial charge < -0.3 is 10.2 Å². The molecule has 78 valence electrons. The van der Waals surface area contributed by atoms with Crippen LogP contribution in [0.1, 0.15) is 0 Å². The zero-order valence-electron chi connectivity index (χ0n) is 8.37. The number of aromatic nitrogens is 1. The number of aliphatic hydroxyl groups is 2. The van der Waals surface area contributed by atoms with Crippen molar-refractivity contribution < 1.29 is 14.8 Å². The number of rotatable bonds is 3. The molecule has 1 aromatic heterocycles. The van der Waals surface area contributed by atoms with E-state index in [1.54, 1.807) is 0 Å². The second kappa shape index (κ2) is 4.38. The van der Waals surface area contributed by atoms with Crippen LogP contribution < -0.4 is 4.57 Å². The summed E-state index contributed by atoms with van der Waals surface area (Å²) in [4.78, 5) is 0. The minimum absolute atomic E-state index is 0.209. The van der Waals surface area contributed by atoms with Gasteiger partial charge in [-0.3, -0.25) is 0 Å². The van der Waals surface area contributed by atoms with E-state index in [2.05, 4.69) is 0 Å². The predicted octanol–water partition coefficient (Wildman–Crippen LogP) is 0.480. The second-order valence-corrected chi connectivity index (χ2v) is 3.61. The average molecular weight is 204 g/mol. The van der Waals surface area contributed by atoms with Gasteiger partial charge in [-0.05, 0) is 11.5 Å². The van der Waals surface area contributed by atoms with E-state index in [0.29, 0.717) is 6.54 Å². The molecule has 0 unspecified atom stereocenters. The summed E-state index contributed by atoms with van der Waals surface area (Å²) in [5.41, 5.74) is 0. The molecule has 0 saturated heterocycles. The van der Waals surface area contributed by atoms with Gasteiger partial charge in [0.25, 0.3) is 0 Å². The van der Waals surface area contributed by atoms with Crippen LogP contribution in [0, 0.1) is 0 Å². The zero-order chi connectivity index (χ0) is 10.7.